The van der Waals surface area contributed by atoms with Crippen LogP contribution in [0.4, 0.5) is 0 Å². The maximum Gasteiger partial charge on any atom is 0.313 e. The quantitative estimate of drug-likeness (QED) is 0.786. The largest absolute Gasteiger partial charge is 0.462 e. The lowest BCUT2D eigenvalue weighted by molar-refractivity contribution is -0.167. The Morgan fingerprint density at radius 3 is 2.61 bits per heavy atom. The molecule has 0 aromatic carbocycles. The molecule has 18 heavy (non-hydrogen) atoms. The van der Waals surface area contributed by atoms with E-state index in [1.165, 1.54) is 19.3 Å². The van der Waals surface area contributed by atoms with Gasteiger partial charge in [0, 0.05) is 6.54 Å². The third-order valence-corrected chi connectivity index (χ3v) is 4.99. The number of esters is 1. The summed E-state index contributed by atoms with van der Waals surface area (Å²) in [4.78, 5) is 12.6. The molecule has 3 unspecified atom stereocenters. The standard InChI is InChI=1S/C15H27NO2/c1-11(2)15(8-9-16-10-15)14(17)18-13-7-5-4-6-12(13)3/h11-13,16H,4-10H2,1-3H3. The number of ether oxygens (including phenoxy) is 1. The van der Waals surface area contributed by atoms with Crippen molar-refractivity contribution in [2.24, 2.45) is 17.3 Å². The Morgan fingerprint density at radius 2 is 2.06 bits per heavy atom. The van der Waals surface area contributed by atoms with Gasteiger partial charge in [0.25, 0.3) is 0 Å². The average Bonchev–Trinajstić information content (AvgIpc) is 2.82. The number of hydrogen-bond acceptors (Lipinski definition) is 3. The lowest BCUT2D eigenvalue weighted by Gasteiger charge is -2.35. The molecule has 2 aliphatic rings. The summed E-state index contributed by atoms with van der Waals surface area (Å²) in [5.41, 5.74) is -0.281. The van der Waals surface area contributed by atoms with Gasteiger partial charge in [-0.3, -0.25) is 4.79 Å². The minimum atomic E-state index is -0.281. The highest BCUT2D eigenvalue weighted by molar-refractivity contribution is 5.78. The molecular formula is C15H27NO2. The lowest BCUT2D eigenvalue weighted by atomic mass is 9.76. The molecule has 0 aromatic heterocycles. The Bertz CT molecular complexity index is 295. The van der Waals surface area contributed by atoms with Gasteiger partial charge in [-0.1, -0.05) is 27.2 Å². The van der Waals surface area contributed by atoms with Gasteiger partial charge >= 0.3 is 5.97 Å². The Balaban J connectivity index is 2.01. The van der Waals surface area contributed by atoms with Crippen molar-refractivity contribution in [1.82, 2.24) is 5.32 Å². The minimum absolute atomic E-state index is 0.0428. The number of hydrogen-bond donors (Lipinski definition) is 1. The molecule has 1 saturated heterocycles. The van der Waals surface area contributed by atoms with E-state index in [-0.39, 0.29) is 17.5 Å². The van der Waals surface area contributed by atoms with Gasteiger partial charge < -0.3 is 10.1 Å². The molecule has 0 bridgehead atoms. The predicted molar refractivity (Wildman–Crippen MR) is 72.3 cm³/mol. The van der Waals surface area contributed by atoms with E-state index in [4.69, 9.17) is 4.74 Å². The van der Waals surface area contributed by atoms with Crippen LogP contribution >= 0.6 is 0 Å². The highest BCUT2D eigenvalue weighted by atomic mass is 16.5. The second-order valence-electron chi connectivity index (χ2n) is 6.44. The Hall–Kier alpha value is -0.570. The average molecular weight is 253 g/mol. The van der Waals surface area contributed by atoms with Gasteiger partial charge in [-0.05, 0) is 44.1 Å². The summed E-state index contributed by atoms with van der Waals surface area (Å²) in [6, 6.07) is 0. The molecule has 0 aromatic rings. The Morgan fingerprint density at radius 1 is 1.33 bits per heavy atom. The summed E-state index contributed by atoms with van der Waals surface area (Å²) >= 11 is 0. The fourth-order valence-electron chi connectivity index (χ4n) is 3.33. The van der Waals surface area contributed by atoms with Crippen molar-refractivity contribution in [3.63, 3.8) is 0 Å². The van der Waals surface area contributed by atoms with Gasteiger partial charge in [0.15, 0.2) is 0 Å². The maximum absolute atomic E-state index is 12.6. The monoisotopic (exact) mass is 253 g/mol. The van der Waals surface area contributed by atoms with Gasteiger partial charge in [0.2, 0.25) is 0 Å². The molecule has 3 atom stereocenters. The van der Waals surface area contributed by atoms with Crippen molar-refractivity contribution in [3.05, 3.63) is 0 Å². The maximum atomic E-state index is 12.6. The van der Waals surface area contributed by atoms with E-state index in [0.29, 0.717) is 11.8 Å². The second kappa shape index (κ2) is 5.60. The molecule has 1 aliphatic heterocycles. The molecule has 1 N–H and O–H groups in total. The van der Waals surface area contributed by atoms with Gasteiger partial charge in [-0.2, -0.15) is 0 Å². The summed E-state index contributed by atoms with van der Waals surface area (Å²) in [5, 5.41) is 3.32. The molecule has 2 fully saturated rings. The zero-order chi connectivity index (χ0) is 13.2. The summed E-state index contributed by atoms with van der Waals surface area (Å²) in [6.45, 7) is 8.21. The third-order valence-electron chi connectivity index (χ3n) is 4.99. The Labute approximate surface area is 111 Å². The van der Waals surface area contributed by atoms with E-state index in [0.717, 1.165) is 25.9 Å². The van der Waals surface area contributed by atoms with Gasteiger partial charge in [0.1, 0.15) is 6.10 Å². The van der Waals surface area contributed by atoms with Crippen LogP contribution in [0.3, 0.4) is 0 Å². The first-order valence-corrected chi connectivity index (χ1v) is 7.48. The molecule has 104 valence electrons. The summed E-state index contributed by atoms with van der Waals surface area (Å²) in [7, 11) is 0. The van der Waals surface area contributed by atoms with E-state index < -0.39 is 0 Å². The highest BCUT2D eigenvalue weighted by Gasteiger charge is 2.46. The number of nitrogens with one attached hydrogen (secondary N) is 1. The van der Waals surface area contributed by atoms with Gasteiger partial charge in [-0.25, -0.2) is 0 Å². The van der Waals surface area contributed by atoms with Crippen LogP contribution in [0.2, 0.25) is 0 Å². The normalized spacial score (nSPS) is 36.9. The predicted octanol–water partition coefficient (Wildman–Crippen LogP) is 2.74. The van der Waals surface area contributed by atoms with Crippen LogP contribution < -0.4 is 5.32 Å². The first-order chi connectivity index (χ1) is 8.56. The van der Waals surface area contributed by atoms with Crippen LogP contribution in [0, 0.1) is 17.3 Å². The van der Waals surface area contributed by atoms with Crippen LogP contribution in [0.1, 0.15) is 52.9 Å². The van der Waals surface area contributed by atoms with E-state index in [9.17, 15) is 4.79 Å². The van der Waals surface area contributed by atoms with Gasteiger partial charge in [-0.15, -0.1) is 0 Å². The molecule has 1 saturated carbocycles. The second-order valence-corrected chi connectivity index (χ2v) is 6.44. The van der Waals surface area contributed by atoms with Crippen LogP contribution in [-0.2, 0) is 9.53 Å². The fourth-order valence-corrected chi connectivity index (χ4v) is 3.33. The molecule has 3 heteroatoms. The van der Waals surface area contributed by atoms with Crippen molar-refractivity contribution in [3.8, 4) is 0 Å². The highest BCUT2D eigenvalue weighted by Crippen LogP contribution is 2.37. The first-order valence-electron chi connectivity index (χ1n) is 7.48. The van der Waals surface area contributed by atoms with E-state index in [2.05, 4.69) is 26.1 Å². The summed E-state index contributed by atoms with van der Waals surface area (Å²) < 4.78 is 5.87. The van der Waals surface area contributed by atoms with E-state index in [1.807, 2.05) is 0 Å². The molecule has 1 heterocycles. The molecule has 2 rings (SSSR count). The van der Waals surface area contributed by atoms with E-state index in [1.54, 1.807) is 0 Å². The van der Waals surface area contributed by atoms with Crippen molar-refractivity contribution < 1.29 is 9.53 Å². The first kappa shape index (κ1) is 13.9. The summed E-state index contributed by atoms with van der Waals surface area (Å²) in [5.74, 6) is 0.918. The SMILES string of the molecule is CC1CCCCC1OC(=O)C1(C(C)C)CCNC1. The van der Waals surface area contributed by atoms with Crippen LogP contribution in [0.25, 0.3) is 0 Å². The zero-order valence-corrected chi connectivity index (χ0v) is 12.0. The van der Waals surface area contributed by atoms with Crippen molar-refractivity contribution in [2.45, 2.75) is 59.0 Å². The number of rotatable bonds is 3. The minimum Gasteiger partial charge on any atom is -0.462 e. The Kier molecular flexibility index (Phi) is 4.31. The van der Waals surface area contributed by atoms with Crippen molar-refractivity contribution in [1.29, 1.82) is 0 Å². The topological polar surface area (TPSA) is 38.3 Å². The number of carbonyl (C=O) groups excluding carboxylic acids is 1. The molecule has 0 radical (unpaired) electrons. The van der Waals surface area contributed by atoms with Crippen LogP contribution in [-0.4, -0.2) is 25.2 Å². The molecular weight excluding hydrogens is 226 g/mol. The zero-order valence-electron chi connectivity index (χ0n) is 12.0. The third kappa shape index (κ3) is 2.56. The van der Waals surface area contributed by atoms with E-state index >= 15 is 0 Å². The molecule has 0 spiro atoms. The molecule has 3 nitrogen and oxygen atoms in total. The van der Waals surface area contributed by atoms with Crippen molar-refractivity contribution >= 4 is 5.97 Å². The van der Waals surface area contributed by atoms with Crippen LogP contribution in [0.15, 0.2) is 0 Å². The van der Waals surface area contributed by atoms with Crippen LogP contribution in [0.5, 0.6) is 0 Å². The smallest absolute Gasteiger partial charge is 0.313 e. The molecule has 0 amide bonds. The fraction of sp³-hybridized carbons (Fsp3) is 0.933. The molecule has 1 aliphatic carbocycles. The summed E-state index contributed by atoms with van der Waals surface area (Å²) in [6.07, 6.45) is 5.81. The number of carbonyl (C=O) groups is 1. The van der Waals surface area contributed by atoms with Gasteiger partial charge in [0.05, 0.1) is 5.41 Å². The lowest BCUT2D eigenvalue weighted by Crippen LogP contribution is -2.43. The van der Waals surface area contributed by atoms with Crippen molar-refractivity contribution in [2.75, 3.05) is 13.1 Å².